The zero-order valence-corrected chi connectivity index (χ0v) is 18.4. The Morgan fingerprint density at radius 2 is 1.67 bits per heavy atom. The molecule has 0 atom stereocenters. The molecule has 0 bridgehead atoms. The summed E-state index contributed by atoms with van der Waals surface area (Å²) in [5, 5.41) is 0. The van der Waals surface area contributed by atoms with Gasteiger partial charge in [-0.3, -0.25) is 4.79 Å². The van der Waals surface area contributed by atoms with E-state index >= 15 is 0 Å². The molecular formula is C21H24N2O5S2. The van der Waals surface area contributed by atoms with Crippen molar-refractivity contribution in [3.05, 3.63) is 48.0 Å². The van der Waals surface area contributed by atoms with Gasteiger partial charge in [-0.1, -0.05) is 12.1 Å². The Morgan fingerprint density at radius 1 is 0.967 bits per heavy atom. The number of benzene rings is 2. The molecule has 1 fully saturated rings. The quantitative estimate of drug-likeness (QED) is 0.670. The zero-order chi connectivity index (χ0) is 21.1. The monoisotopic (exact) mass is 448 g/mol. The summed E-state index contributed by atoms with van der Waals surface area (Å²) in [5.74, 6) is 0.956. The normalized spacial score (nSPS) is 17.4. The number of fused-ring (bicyclic) bond motifs is 1. The van der Waals surface area contributed by atoms with E-state index in [4.69, 9.17) is 9.47 Å². The van der Waals surface area contributed by atoms with Crippen molar-refractivity contribution in [2.24, 2.45) is 0 Å². The molecule has 4 rings (SSSR count). The molecule has 9 heteroatoms. The van der Waals surface area contributed by atoms with Gasteiger partial charge in [0.1, 0.15) is 0 Å². The summed E-state index contributed by atoms with van der Waals surface area (Å²) < 4.78 is 38.9. The third-order valence-electron chi connectivity index (χ3n) is 5.22. The first-order valence-electron chi connectivity index (χ1n) is 9.83. The van der Waals surface area contributed by atoms with Crippen LogP contribution in [0.2, 0.25) is 0 Å². The highest BCUT2D eigenvalue weighted by Gasteiger charge is 2.31. The molecule has 2 heterocycles. The van der Waals surface area contributed by atoms with Gasteiger partial charge in [-0.25, -0.2) is 8.42 Å². The van der Waals surface area contributed by atoms with Gasteiger partial charge in [0, 0.05) is 43.6 Å². The molecule has 2 aliphatic rings. The molecule has 2 aliphatic heterocycles. The van der Waals surface area contributed by atoms with E-state index in [1.807, 2.05) is 30.5 Å². The Hall–Kier alpha value is -2.23. The molecule has 0 radical (unpaired) electrons. The van der Waals surface area contributed by atoms with Crippen molar-refractivity contribution in [3.63, 3.8) is 0 Å². The number of hydrogen-bond acceptors (Lipinski definition) is 6. The fourth-order valence-corrected chi connectivity index (χ4v) is 5.60. The molecule has 7 nitrogen and oxygen atoms in total. The molecule has 0 saturated carbocycles. The second kappa shape index (κ2) is 8.87. The van der Waals surface area contributed by atoms with E-state index in [-0.39, 0.29) is 23.9 Å². The maximum atomic E-state index is 13.1. The molecule has 0 spiro atoms. The van der Waals surface area contributed by atoms with Crippen molar-refractivity contribution in [3.8, 4) is 11.5 Å². The molecule has 160 valence electrons. The van der Waals surface area contributed by atoms with Crippen LogP contribution in [0.5, 0.6) is 11.5 Å². The second-order valence-corrected chi connectivity index (χ2v) is 9.84. The van der Waals surface area contributed by atoms with Crippen LogP contribution in [-0.2, 0) is 10.0 Å². The lowest BCUT2D eigenvalue weighted by Crippen LogP contribution is -2.50. The minimum absolute atomic E-state index is 0.0624. The molecule has 0 unspecified atom stereocenters. The van der Waals surface area contributed by atoms with Gasteiger partial charge < -0.3 is 14.4 Å². The SMILES string of the molecule is CSc1ccccc1C(=O)N1CCN(S(=O)(=O)c2ccc3c(c2)OCCCO3)CC1. The van der Waals surface area contributed by atoms with E-state index in [2.05, 4.69) is 0 Å². The largest absolute Gasteiger partial charge is 0.490 e. The third-order valence-corrected chi connectivity index (χ3v) is 7.91. The molecule has 2 aromatic carbocycles. The summed E-state index contributed by atoms with van der Waals surface area (Å²) in [6.07, 6.45) is 2.69. The van der Waals surface area contributed by atoms with E-state index in [9.17, 15) is 13.2 Å². The Balaban J connectivity index is 1.47. The van der Waals surface area contributed by atoms with Gasteiger partial charge in [-0.05, 0) is 30.5 Å². The Labute approximate surface area is 181 Å². The number of nitrogens with zero attached hydrogens (tertiary/aromatic N) is 2. The standard InChI is InChI=1S/C21H24N2O5S2/c1-29-20-6-3-2-5-17(20)21(24)22-9-11-23(12-10-22)30(25,26)16-7-8-18-19(15-16)28-14-4-13-27-18/h2-3,5-8,15H,4,9-14H2,1H3. The van der Waals surface area contributed by atoms with Crippen LogP contribution in [-0.4, -0.2) is 69.2 Å². The number of hydrogen-bond donors (Lipinski definition) is 0. The van der Waals surface area contributed by atoms with Gasteiger partial charge in [0.05, 0.1) is 23.7 Å². The van der Waals surface area contributed by atoms with Crippen molar-refractivity contribution in [1.82, 2.24) is 9.21 Å². The minimum atomic E-state index is -3.68. The van der Waals surface area contributed by atoms with E-state index in [1.54, 1.807) is 17.0 Å². The van der Waals surface area contributed by atoms with Gasteiger partial charge in [0.2, 0.25) is 10.0 Å². The lowest BCUT2D eigenvalue weighted by molar-refractivity contribution is 0.0694. The van der Waals surface area contributed by atoms with Crippen molar-refractivity contribution in [1.29, 1.82) is 0 Å². The smallest absolute Gasteiger partial charge is 0.255 e. The number of rotatable bonds is 4. The highest BCUT2D eigenvalue weighted by atomic mass is 32.2. The topological polar surface area (TPSA) is 76.2 Å². The van der Waals surface area contributed by atoms with Gasteiger partial charge in [0.25, 0.3) is 5.91 Å². The summed E-state index contributed by atoms with van der Waals surface area (Å²) in [6.45, 7) is 2.26. The number of sulfonamides is 1. The van der Waals surface area contributed by atoms with Crippen LogP contribution in [0.4, 0.5) is 0 Å². The van der Waals surface area contributed by atoms with Gasteiger partial charge in [-0.2, -0.15) is 4.31 Å². The highest BCUT2D eigenvalue weighted by Crippen LogP contribution is 2.33. The van der Waals surface area contributed by atoms with Crippen LogP contribution in [0.1, 0.15) is 16.8 Å². The van der Waals surface area contributed by atoms with E-state index in [0.29, 0.717) is 43.4 Å². The van der Waals surface area contributed by atoms with E-state index < -0.39 is 10.0 Å². The number of amides is 1. The highest BCUT2D eigenvalue weighted by molar-refractivity contribution is 7.98. The van der Waals surface area contributed by atoms with Gasteiger partial charge >= 0.3 is 0 Å². The first-order chi connectivity index (χ1) is 14.5. The molecule has 2 aromatic rings. The van der Waals surface area contributed by atoms with Crippen LogP contribution in [0.15, 0.2) is 52.3 Å². The molecule has 1 saturated heterocycles. The number of piperazine rings is 1. The first kappa shape index (κ1) is 21.0. The Bertz CT molecular complexity index is 1030. The van der Waals surface area contributed by atoms with E-state index in [1.165, 1.54) is 22.1 Å². The van der Waals surface area contributed by atoms with Crippen LogP contribution in [0, 0.1) is 0 Å². The van der Waals surface area contributed by atoms with Crippen molar-refractivity contribution >= 4 is 27.7 Å². The fourth-order valence-electron chi connectivity index (χ4n) is 3.58. The summed E-state index contributed by atoms with van der Waals surface area (Å²) in [6, 6.07) is 12.2. The number of thioether (sulfide) groups is 1. The van der Waals surface area contributed by atoms with Crippen LogP contribution in [0.3, 0.4) is 0 Å². The average Bonchev–Trinajstić information content (AvgIpc) is 3.03. The second-order valence-electron chi connectivity index (χ2n) is 7.06. The molecule has 1 amide bonds. The first-order valence-corrected chi connectivity index (χ1v) is 12.5. The Morgan fingerprint density at radius 3 is 2.40 bits per heavy atom. The third kappa shape index (κ3) is 4.14. The molecule has 30 heavy (non-hydrogen) atoms. The fraction of sp³-hybridized carbons (Fsp3) is 0.381. The van der Waals surface area contributed by atoms with Gasteiger partial charge in [-0.15, -0.1) is 11.8 Å². The molecule has 0 aromatic heterocycles. The maximum absolute atomic E-state index is 13.1. The predicted octanol–water partition coefficient (Wildman–Crippen LogP) is 2.72. The molecule has 0 aliphatic carbocycles. The average molecular weight is 449 g/mol. The summed E-state index contributed by atoms with van der Waals surface area (Å²) in [7, 11) is -3.68. The zero-order valence-electron chi connectivity index (χ0n) is 16.7. The summed E-state index contributed by atoms with van der Waals surface area (Å²) in [4.78, 5) is 15.7. The maximum Gasteiger partial charge on any atom is 0.255 e. The summed E-state index contributed by atoms with van der Waals surface area (Å²) >= 11 is 1.53. The Kier molecular flexibility index (Phi) is 6.21. The van der Waals surface area contributed by atoms with Crippen molar-refractivity contribution in [2.45, 2.75) is 16.2 Å². The van der Waals surface area contributed by atoms with Crippen molar-refractivity contribution < 1.29 is 22.7 Å². The summed E-state index contributed by atoms with van der Waals surface area (Å²) in [5.41, 5.74) is 0.657. The van der Waals surface area contributed by atoms with E-state index in [0.717, 1.165) is 11.3 Å². The van der Waals surface area contributed by atoms with Crippen molar-refractivity contribution in [2.75, 3.05) is 45.6 Å². The van der Waals surface area contributed by atoms with Crippen LogP contribution >= 0.6 is 11.8 Å². The number of ether oxygens (including phenoxy) is 2. The predicted molar refractivity (Wildman–Crippen MR) is 115 cm³/mol. The molecule has 0 N–H and O–H groups in total. The minimum Gasteiger partial charge on any atom is -0.490 e. The van der Waals surface area contributed by atoms with Crippen LogP contribution in [0.25, 0.3) is 0 Å². The lowest BCUT2D eigenvalue weighted by atomic mass is 10.2. The number of carbonyl (C=O) groups excluding carboxylic acids is 1. The van der Waals surface area contributed by atoms with Gasteiger partial charge in [0.15, 0.2) is 11.5 Å². The van der Waals surface area contributed by atoms with Crippen LogP contribution < -0.4 is 9.47 Å². The number of carbonyl (C=O) groups is 1. The molecular weight excluding hydrogens is 424 g/mol. The lowest BCUT2D eigenvalue weighted by Gasteiger charge is -2.34.